The molecule has 1 aliphatic rings. The topological polar surface area (TPSA) is 24.5 Å². The molecular formula is C13H28N2O. The first-order chi connectivity index (χ1) is 7.74. The lowest BCUT2D eigenvalue weighted by Gasteiger charge is -2.36. The van der Waals surface area contributed by atoms with Crippen molar-refractivity contribution in [2.45, 2.75) is 39.7 Å². The number of morpholine rings is 1. The first-order valence-corrected chi connectivity index (χ1v) is 6.76. The van der Waals surface area contributed by atoms with Crippen LogP contribution >= 0.6 is 0 Å². The van der Waals surface area contributed by atoms with Gasteiger partial charge in [0.25, 0.3) is 0 Å². The van der Waals surface area contributed by atoms with Crippen molar-refractivity contribution in [3.8, 4) is 0 Å². The van der Waals surface area contributed by atoms with Crippen molar-refractivity contribution < 1.29 is 4.74 Å². The van der Waals surface area contributed by atoms with E-state index in [4.69, 9.17) is 4.74 Å². The van der Waals surface area contributed by atoms with Crippen LogP contribution in [0, 0.1) is 5.92 Å². The summed E-state index contributed by atoms with van der Waals surface area (Å²) in [6.07, 6.45) is 2.50. The minimum Gasteiger partial charge on any atom is -0.378 e. The molecule has 0 aromatic rings. The molecule has 3 heteroatoms. The van der Waals surface area contributed by atoms with Gasteiger partial charge in [-0.25, -0.2) is 0 Å². The molecule has 0 saturated carbocycles. The van der Waals surface area contributed by atoms with Gasteiger partial charge in [-0.15, -0.1) is 0 Å². The summed E-state index contributed by atoms with van der Waals surface area (Å²) in [5, 5.41) is 3.50. The largest absolute Gasteiger partial charge is 0.378 e. The Balaban J connectivity index is 2.26. The highest BCUT2D eigenvalue weighted by Crippen LogP contribution is 2.09. The minimum atomic E-state index is 0.582. The van der Waals surface area contributed by atoms with Crippen LogP contribution < -0.4 is 5.32 Å². The summed E-state index contributed by atoms with van der Waals surface area (Å²) in [5.41, 5.74) is 0. The van der Waals surface area contributed by atoms with Crippen molar-refractivity contribution in [3.63, 3.8) is 0 Å². The van der Waals surface area contributed by atoms with Crippen molar-refractivity contribution in [2.75, 3.05) is 39.4 Å². The van der Waals surface area contributed by atoms with E-state index >= 15 is 0 Å². The molecule has 96 valence electrons. The molecule has 16 heavy (non-hydrogen) atoms. The Morgan fingerprint density at radius 2 is 2.25 bits per heavy atom. The molecule has 3 nitrogen and oxygen atoms in total. The van der Waals surface area contributed by atoms with Gasteiger partial charge >= 0.3 is 0 Å². The average Bonchev–Trinajstić information content (AvgIpc) is 2.28. The molecule has 1 unspecified atom stereocenters. The lowest BCUT2D eigenvalue weighted by atomic mass is 10.1. The predicted molar refractivity (Wildman–Crippen MR) is 68.8 cm³/mol. The second kappa shape index (κ2) is 8.04. The van der Waals surface area contributed by atoms with Crippen LogP contribution in [0.25, 0.3) is 0 Å². The maximum absolute atomic E-state index is 5.57. The van der Waals surface area contributed by atoms with E-state index in [1.807, 2.05) is 0 Å². The first kappa shape index (κ1) is 13.9. The van der Waals surface area contributed by atoms with Crippen LogP contribution in [0.1, 0.15) is 33.6 Å². The summed E-state index contributed by atoms with van der Waals surface area (Å²) in [6.45, 7) is 13.1. The van der Waals surface area contributed by atoms with Crippen LogP contribution in [0.5, 0.6) is 0 Å². The summed E-state index contributed by atoms with van der Waals surface area (Å²) >= 11 is 0. The van der Waals surface area contributed by atoms with Gasteiger partial charge in [0.15, 0.2) is 0 Å². The third-order valence-electron chi connectivity index (χ3n) is 3.15. The second-order valence-corrected chi connectivity index (χ2v) is 5.15. The lowest BCUT2D eigenvalue weighted by Crippen LogP contribution is -2.50. The van der Waals surface area contributed by atoms with Crippen LogP contribution in [0.4, 0.5) is 0 Å². The molecule has 1 saturated heterocycles. The molecule has 0 aromatic heterocycles. The quantitative estimate of drug-likeness (QED) is 0.672. The number of rotatable bonds is 7. The molecule has 0 aromatic carbocycles. The fourth-order valence-corrected chi connectivity index (χ4v) is 2.04. The number of hydrogen-bond acceptors (Lipinski definition) is 3. The van der Waals surface area contributed by atoms with E-state index in [0.29, 0.717) is 6.04 Å². The van der Waals surface area contributed by atoms with Gasteiger partial charge in [0.05, 0.1) is 13.2 Å². The Morgan fingerprint density at radius 1 is 1.44 bits per heavy atom. The molecule has 0 spiro atoms. The first-order valence-electron chi connectivity index (χ1n) is 6.76. The highest BCUT2D eigenvalue weighted by atomic mass is 16.5. The van der Waals surface area contributed by atoms with E-state index in [9.17, 15) is 0 Å². The smallest absolute Gasteiger partial charge is 0.0634 e. The summed E-state index contributed by atoms with van der Waals surface area (Å²) in [4.78, 5) is 2.59. The lowest BCUT2D eigenvalue weighted by molar-refractivity contribution is -0.00840. The minimum absolute atomic E-state index is 0.582. The maximum Gasteiger partial charge on any atom is 0.0634 e. The SMILES string of the molecule is CCCNCC1COCCN1CCC(C)C. The van der Waals surface area contributed by atoms with E-state index in [0.717, 1.165) is 38.8 Å². The molecule has 0 bridgehead atoms. The van der Waals surface area contributed by atoms with Crippen LogP contribution in [-0.2, 0) is 4.74 Å². The average molecular weight is 228 g/mol. The zero-order valence-corrected chi connectivity index (χ0v) is 11.2. The highest BCUT2D eigenvalue weighted by molar-refractivity contribution is 4.77. The second-order valence-electron chi connectivity index (χ2n) is 5.15. The number of ether oxygens (including phenoxy) is 1. The number of nitrogens with one attached hydrogen (secondary N) is 1. The Labute approximate surface area is 101 Å². The molecule has 1 heterocycles. The van der Waals surface area contributed by atoms with Crippen LogP contribution in [0.15, 0.2) is 0 Å². The molecule has 0 amide bonds. The van der Waals surface area contributed by atoms with Gasteiger partial charge in [-0.3, -0.25) is 4.90 Å². The Kier molecular flexibility index (Phi) is 7.01. The molecule has 0 aliphatic carbocycles. The van der Waals surface area contributed by atoms with E-state index in [2.05, 4.69) is 31.0 Å². The predicted octanol–water partition coefficient (Wildman–Crippen LogP) is 1.73. The summed E-state index contributed by atoms with van der Waals surface area (Å²) in [5.74, 6) is 0.798. The highest BCUT2D eigenvalue weighted by Gasteiger charge is 2.22. The van der Waals surface area contributed by atoms with Gasteiger partial charge < -0.3 is 10.1 Å². The van der Waals surface area contributed by atoms with E-state index < -0.39 is 0 Å². The monoisotopic (exact) mass is 228 g/mol. The maximum atomic E-state index is 5.57. The fourth-order valence-electron chi connectivity index (χ4n) is 2.04. The van der Waals surface area contributed by atoms with Crippen LogP contribution in [-0.4, -0.2) is 50.3 Å². The molecule has 1 rings (SSSR count). The van der Waals surface area contributed by atoms with E-state index in [-0.39, 0.29) is 0 Å². The van der Waals surface area contributed by atoms with E-state index in [1.54, 1.807) is 0 Å². The Bertz CT molecular complexity index is 173. The summed E-state index contributed by atoms with van der Waals surface area (Å²) in [7, 11) is 0. The summed E-state index contributed by atoms with van der Waals surface area (Å²) in [6, 6.07) is 0.582. The van der Waals surface area contributed by atoms with E-state index in [1.165, 1.54) is 19.4 Å². The van der Waals surface area contributed by atoms with Crippen molar-refractivity contribution in [3.05, 3.63) is 0 Å². The van der Waals surface area contributed by atoms with Crippen LogP contribution in [0.3, 0.4) is 0 Å². The molecule has 1 N–H and O–H groups in total. The Morgan fingerprint density at radius 3 is 2.94 bits per heavy atom. The van der Waals surface area contributed by atoms with Gasteiger partial charge in [0, 0.05) is 19.1 Å². The molecule has 1 aliphatic heterocycles. The third kappa shape index (κ3) is 5.28. The number of hydrogen-bond donors (Lipinski definition) is 1. The van der Waals surface area contributed by atoms with Gasteiger partial charge in [0.1, 0.15) is 0 Å². The van der Waals surface area contributed by atoms with Crippen molar-refractivity contribution in [2.24, 2.45) is 5.92 Å². The standard InChI is InChI=1S/C13H28N2O/c1-4-6-14-10-13-11-16-9-8-15(13)7-5-12(2)3/h12-14H,4-11H2,1-3H3. The zero-order chi connectivity index (χ0) is 11.8. The van der Waals surface area contributed by atoms with Crippen LogP contribution in [0.2, 0.25) is 0 Å². The van der Waals surface area contributed by atoms with Gasteiger partial charge in [-0.1, -0.05) is 20.8 Å². The molecule has 1 atom stereocenters. The molecular weight excluding hydrogens is 200 g/mol. The van der Waals surface area contributed by atoms with Crippen molar-refractivity contribution >= 4 is 0 Å². The molecule has 1 fully saturated rings. The normalized spacial score (nSPS) is 22.9. The van der Waals surface area contributed by atoms with Crippen molar-refractivity contribution in [1.82, 2.24) is 10.2 Å². The van der Waals surface area contributed by atoms with Gasteiger partial charge in [-0.05, 0) is 31.8 Å². The van der Waals surface area contributed by atoms with Gasteiger partial charge in [0.2, 0.25) is 0 Å². The summed E-state index contributed by atoms with van der Waals surface area (Å²) < 4.78 is 5.57. The zero-order valence-electron chi connectivity index (χ0n) is 11.2. The Hall–Kier alpha value is -0.120. The number of nitrogens with zero attached hydrogens (tertiary/aromatic N) is 1. The van der Waals surface area contributed by atoms with Crippen molar-refractivity contribution in [1.29, 1.82) is 0 Å². The fraction of sp³-hybridized carbons (Fsp3) is 1.00. The third-order valence-corrected chi connectivity index (χ3v) is 3.15. The van der Waals surface area contributed by atoms with Gasteiger partial charge in [-0.2, -0.15) is 0 Å². The molecule has 0 radical (unpaired) electrons.